The van der Waals surface area contributed by atoms with E-state index >= 15 is 0 Å². The van der Waals surface area contributed by atoms with Gasteiger partial charge < -0.3 is 34.7 Å². The number of rotatable bonds is 7. The van der Waals surface area contributed by atoms with E-state index in [0.717, 1.165) is 95.0 Å². The Kier molecular flexibility index (Phi) is 9.95. The summed E-state index contributed by atoms with van der Waals surface area (Å²) in [6.45, 7) is 4.01. The molecule has 288 valence electrons. The van der Waals surface area contributed by atoms with Crippen LogP contribution < -0.4 is 16.0 Å². The molecule has 0 bridgehead atoms. The van der Waals surface area contributed by atoms with Crippen LogP contribution in [0.25, 0.3) is 66.1 Å². The molecule has 2 saturated heterocycles. The Hall–Kier alpha value is -6.37. The molecule has 2 atom stereocenters. The fourth-order valence-electron chi connectivity index (χ4n) is 7.93. The number of hydrogen-bond donors (Lipinski definition) is 3. The van der Waals surface area contributed by atoms with E-state index in [4.69, 9.17) is 4.74 Å². The van der Waals surface area contributed by atoms with E-state index in [1.54, 1.807) is 29.7 Å². The third-order valence-corrected chi connectivity index (χ3v) is 11.1. The van der Waals surface area contributed by atoms with Gasteiger partial charge >= 0.3 is 0 Å². The van der Waals surface area contributed by atoms with Crippen molar-refractivity contribution >= 4 is 61.2 Å². The van der Waals surface area contributed by atoms with E-state index in [9.17, 15) is 4.79 Å². The summed E-state index contributed by atoms with van der Waals surface area (Å²) in [5.74, 6) is 0.184. The Bertz CT molecular complexity index is 2730. The van der Waals surface area contributed by atoms with Gasteiger partial charge in [0.25, 0.3) is 0 Å². The van der Waals surface area contributed by atoms with Crippen molar-refractivity contribution in [2.24, 2.45) is 14.1 Å². The number of hydrogen-bond acceptors (Lipinski definition) is 9. The third kappa shape index (κ3) is 7.61. The average Bonchev–Trinajstić information content (AvgIpc) is 3.81. The number of carbonyl (C=O) groups excluding carboxylic acids is 1. The van der Waals surface area contributed by atoms with Crippen molar-refractivity contribution in [3.63, 3.8) is 0 Å². The monoisotopic (exact) mass is 758 g/mol. The van der Waals surface area contributed by atoms with Gasteiger partial charge in [-0.25, -0.2) is 0 Å². The standard InChI is InChI=1S/C23H23N5O.C22H23N5O/c1-27-9-5-15-3-4-16(11-21(15)27)19-12-18(13-20-23(19)25-8-7-24-20)26-17-6-10-28(2)22(29)14-17;1-27-8-4-15-2-3-16(10-21(15)27)19-11-17(12-20-22(19)25-6-5-24-20)26-13-18-14-28-9-7-23-18/h3-5,7-9,11-13,17,26H,6,10,14H2,1-2H3;2-6,8,10-12,18,23,26H,7,9,13-14H2,1H3. The van der Waals surface area contributed by atoms with Gasteiger partial charge in [-0.1, -0.05) is 24.3 Å². The molecule has 4 aromatic heterocycles. The van der Waals surface area contributed by atoms with Crippen LogP contribution in [0, 0.1) is 0 Å². The molecule has 4 aromatic carbocycles. The van der Waals surface area contributed by atoms with Gasteiger partial charge in [0.2, 0.25) is 5.91 Å². The quantitative estimate of drug-likeness (QED) is 0.157. The van der Waals surface area contributed by atoms with E-state index in [-0.39, 0.29) is 11.9 Å². The SMILES string of the molecule is CN1CCC(Nc2cc(-c3ccc4ccn(C)c4c3)c3nccnc3c2)CC1=O.Cn1ccc2ccc(-c3cc(NCC4COCCN4)cc4nccnc34)cc21. The second kappa shape index (κ2) is 15.6. The molecule has 6 heterocycles. The number of anilines is 2. The minimum atomic E-state index is 0.135. The zero-order valence-corrected chi connectivity index (χ0v) is 32.4. The first-order valence-electron chi connectivity index (χ1n) is 19.5. The molecule has 1 amide bonds. The molecule has 2 aliphatic heterocycles. The van der Waals surface area contributed by atoms with Crippen LogP contribution in [0.4, 0.5) is 11.4 Å². The van der Waals surface area contributed by atoms with Crippen LogP contribution >= 0.6 is 0 Å². The van der Waals surface area contributed by atoms with Crippen molar-refractivity contribution in [1.82, 2.24) is 39.3 Å². The molecule has 0 spiro atoms. The average molecular weight is 759 g/mol. The number of morpholine rings is 1. The number of aromatic nitrogens is 6. The van der Waals surface area contributed by atoms with Crippen LogP contribution in [0.15, 0.2) is 110 Å². The summed E-state index contributed by atoms with van der Waals surface area (Å²) in [6, 6.07) is 26.1. The Morgan fingerprint density at radius 1 is 0.737 bits per heavy atom. The third-order valence-electron chi connectivity index (χ3n) is 11.1. The van der Waals surface area contributed by atoms with Crippen molar-refractivity contribution in [3.8, 4) is 22.3 Å². The Morgan fingerprint density at radius 3 is 1.93 bits per heavy atom. The molecule has 8 aromatic rings. The number of ether oxygens (including phenoxy) is 1. The normalized spacial score (nSPS) is 17.2. The lowest BCUT2D eigenvalue weighted by Crippen LogP contribution is -2.45. The van der Waals surface area contributed by atoms with Gasteiger partial charge in [0.15, 0.2) is 0 Å². The molecule has 57 heavy (non-hydrogen) atoms. The van der Waals surface area contributed by atoms with E-state index in [1.807, 2.05) is 13.1 Å². The number of amides is 1. The highest BCUT2D eigenvalue weighted by Crippen LogP contribution is 2.34. The molecule has 3 N–H and O–H groups in total. The predicted octanol–water partition coefficient (Wildman–Crippen LogP) is 7.01. The summed E-state index contributed by atoms with van der Waals surface area (Å²) < 4.78 is 9.82. The predicted molar refractivity (Wildman–Crippen MR) is 228 cm³/mol. The Balaban J connectivity index is 0.000000148. The number of nitrogens with one attached hydrogen (secondary N) is 3. The van der Waals surface area contributed by atoms with Crippen LogP contribution in [0.2, 0.25) is 0 Å². The molecule has 12 heteroatoms. The van der Waals surface area contributed by atoms with E-state index < -0.39 is 0 Å². The molecule has 2 aliphatic rings. The van der Waals surface area contributed by atoms with Gasteiger partial charge in [-0.3, -0.25) is 24.7 Å². The molecule has 2 unspecified atom stereocenters. The Labute approximate surface area is 330 Å². The summed E-state index contributed by atoms with van der Waals surface area (Å²) in [5, 5.41) is 13.0. The number of fused-ring (bicyclic) bond motifs is 4. The molecular weight excluding hydrogens is 713 g/mol. The fourth-order valence-corrected chi connectivity index (χ4v) is 7.93. The van der Waals surface area contributed by atoms with Crippen LogP contribution in [0.1, 0.15) is 12.8 Å². The van der Waals surface area contributed by atoms with Crippen LogP contribution in [0.5, 0.6) is 0 Å². The van der Waals surface area contributed by atoms with Crippen LogP contribution in [0.3, 0.4) is 0 Å². The summed E-state index contributed by atoms with van der Waals surface area (Å²) >= 11 is 0. The number of likely N-dealkylation sites (tertiary alicyclic amines) is 1. The zero-order chi connectivity index (χ0) is 38.9. The first-order chi connectivity index (χ1) is 27.9. The minimum Gasteiger partial charge on any atom is -0.383 e. The maximum absolute atomic E-state index is 12.1. The van der Waals surface area contributed by atoms with Crippen molar-refractivity contribution in [3.05, 3.63) is 110 Å². The maximum atomic E-state index is 12.1. The van der Waals surface area contributed by atoms with Gasteiger partial charge in [0.1, 0.15) is 0 Å². The number of piperidine rings is 1. The highest BCUT2D eigenvalue weighted by atomic mass is 16.5. The minimum absolute atomic E-state index is 0.135. The molecular formula is C45H46N10O2. The van der Waals surface area contributed by atoms with Gasteiger partial charge in [-0.15, -0.1) is 0 Å². The second-order valence-corrected chi connectivity index (χ2v) is 15.1. The lowest BCUT2D eigenvalue weighted by molar-refractivity contribution is -0.132. The van der Waals surface area contributed by atoms with E-state index in [0.29, 0.717) is 12.5 Å². The second-order valence-electron chi connectivity index (χ2n) is 15.1. The van der Waals surface area contributed by atoms with E-state index in [2.05, 4.69) is 138 Å². The lowest BCUT2D eigenvalue weighted by Gasteiger charge is -2.30. The number of carbonyl (C=O) groups is 1. The first-order valence-corrected chi connectivity index (χ1v) is 19.5. The van der Waals surface area contributed by atoms with Crippen molar-refractivity contribution in [2.75, 3.05) is 50.5 Å². The van der Waals surface area contributed by atoms with Crippen LogP contribution in [-0.2, 0) is 23.6 Å². The zero-order valence-electron chi connectivity index (χ0n) is 32.4. The fraction of sp³-hybridized carbons (Fsp3) is 0.267. The Morgan fingerprint density at radius 2 is 1.33 bits per heavy atom. The topological polar surface area (TPSA) is 127 Å². The highest BCUT2D eigenvalue weighted by molar-refractivity contribution is 5.98. The molecule has 12 nitrogen and oxygen atoms in total. The van der Waals surface area contributed by atoms with E-state index in [1.165, 1.54) is 21.8 Å². The van der Waals surface area contributed by atoms with Crippen LogP contribution in [-0.4, -0.2) is 91.9 Å². The number of aryl methyl sites for hydroxylation is 2. The molecule has 0 aliphatic carbocycles. The maximum Gasteiger partial charge on any atom is 0.224 e. The summed E-state index contributed by atoms with van der Waals surface area (Å²) in [4.78, 5) is 32.2. The number of nitrogens with zero attached hydrogens (tertiary/aromatic N) is 7. The van der Waals surface area contributed by atoms with Gasteiger partial charge in [0.05, 0.1) is 35.3 Å². The highest BCUT2D eigenvalue weighted by Gasteiger charge is 2.24. The van der Waals surface area contributed by atoms with Crippen molar-refractivity contribution in [1.29, 1.82) is 0 Å². The van der Waals surface area contributed by atoms with Gasteiger partial charge in [-0.2, -0.15) is 0 Å². The first kappa shape index (κ1) is 36.3. The van der Waals surface area contributed by atoms with Crippen molar-refractivity contribution in [2.45, 2.75) is 24.9 Å². The van der Waals surface area contributed by atoms with Gasteiger partial charge in [-0.05, 0) is 76.9 Å². The molecule has 2 fully saturated rings. The lowest BCUT2D eigenvalue weighted by atomic mass is 10.00. The largest absolute Gasteiger partial charge is 0.383 e. The van der Waals surface area contributed by atoms with Gasteiger partial charge in [0, 0.05) is 130 Å². The summed E-state index contributed by atoms with van der Waals surface area (Å²) in [5.41, 5.74) is 12.3. The summed E-state index contributed by atoms with van der Waals surface area (Å²) in [7, 11) is 5.99. The smallest absolute Gasteiger partial charge is 0.224 e. The molecule has 0 radical (unpaired) electrons. The molecule has 0 saturated carbocycles. The van der Waals surface area contributed by atoms with Crippen molar-refractivity contribution < 1.29 is 9.53 Å². The molecule has 10 rings (SSSR count). The summed E-state index contributed by atoms with van der Waals surface area (Å²) in [6.07, 6.45) is 12.6. The number of benzene rings is 4.